The Kier molecular flexibility index (Phi) is 5.92. The van der Waals surface area contributed by atoms with Crippen molar-refractivity contribution >= 4 is 28.9 Å². The molecule has 1 aromatic heterocycles. The molecular weight excluding hydrogens is 362 g/mol. The van der Waals surface area contributed by atoms with Crippen LogP contribution >= 0.6 is 11.6 Å². The number of hydrogen-bond donors (Lipinski definition) is 1. The van der Waals surface area contributed by atoms with Gasteiger partial charge in [0, 0.05) is 42.2 Å². The first-order valence-corrected chi connectivity index (χ1v) is 9.35. The minimum Gasteiger partial charge on any atom is -0.372 e. The predicted octanol–water partition coefficient (Wildman–Crippen LogP) is 4.17. The molecule has 0 spiro atoms. The molecule has 0 unspecified atom stereocenters. The number of carbonyl (C=O) groups is 1. The van der Waals surface area contributed by atoms with E-state index in [0.29, 0.717) is 28.1 Å². The van der Waals surface area contributed by atoms with Crippen LogP contribution in [0.15, 0.2) is 30.6 Å². The zero-order valence-corrected chi connectivity index (χ0v) is 16.2. The van der Waals surface area contributed by atoms with Crippen LogP contribution in [0.2, 0.25) is 5.02 Å². The van der Waals surface area contributed by atoms with Gasteiger partial charge in [-0.05, 0) is 44.7 Å². The Hall–Kier alpha value is -2.65. The lowest BCUT2D eigenvalue weighted by atomic mass is 9.90. The number of anilines is 1. The number of aryl methyl sites for hydroxylation is 1. The minimum atomic E-state index is -0.117. The Bertz CT molecular complexity index is 854. The normalized spacial score (nSPS) is 19.2. The number of halogens is 1. The van der Waals surface area contributed by atoms with Gasteiger partial charge >= 0.3 is 0 Å². The lowest BCUT2D eigenvalue weighted by molar-refractivity contribution is 0.0925. The molecule has 1 aliphatic rings. The van der Waals surface area contributed by atoms with E-state index in [2.05, 4.69) is 32.1 Å². The average molecular weight is 384 g/mol. The van der Waals surface area contributed by atoms with Gasteiger partial charge in [-0.15, -0.1) is 0 Å². The summed E-state index contributed by atoms with van der Waals surface area (Å²) in [6.07, 6.45) is 6.92. The van der Waals surface area contributed by atoms with Gasteiger partial charge < -0.3 is 10.2 Å². The standard InChI is InChI=1S/C20H22ClN5O/c1-13-23-11-14(12-24-13)20(27)25-15-4-6-16(7-5-15)26(3)17-8-9-19(22-2)18(21)10-17/h8-12,15-16H,4-7H2,1,3H3,(H,25,27). The highest BCUT2D eigenvalue weighted by molar-refractivity contribution is 6.33. The SMILES string of the molecule is [C-]#[N+]c1ccc(N(C)C2CCC(NC(=O)c3cnc(C)nc3)CC2)cc1Cl. The lowest BCUT2D eigenvalue weighted by Crippen LogP contribution is -2.43. The number of carbonyl (C=O) groups excluding carboxylic acids is 1. The fourth-order valence-corrected chi connectivity index (χ4v) is 3.62. The number of hydrogen-bond acceptors (Lipinski definition) is 4. The second-order valence-corrected chi connectivity index (χ2v) is 7.26. The molecule has 3 rings (SSSR count). The highest BCUT2D eigenvalue weighted by Gasteiger charge is 2.26. The van der Waals surface area contributed by atoms with E-state index in [0.717, 1.165) is 31.4 Å². The minimum absolute atomic E-state index is 0.117. The van der Waals surface area contributed by atoms with Crippen LogP contribution in [0, 0.1) is 13.5 Å². The molecule has 1 aliphatic carbocycles. The summed E-state index contributed by atoms with van der Waals surface area (Å²) in [5, 5.41) is 3.57. The zero-order valence-electron chi connectivity index (χ0n) is 15.4. The number of nitrogens with zero attached hydrogens (tertiary/aromatic N) is 4. The predicted molar refractivity (Wildman–Crippen MR) is 106 cm³/mol. The summed E-state index contributed by atoms with van der Waals surface area (Å²) < 4.78 is 0. The van der Waals surface area contributed by atoms with Crippen molar-refractivity contribution in [3.63, 3.8) is 0 Å². The van der Waals surface area contributed by atoms with E-state index >= 15 is 0 Å². The molecule has 1 saturated carbocycles. The Labute approximate surface area is 164 Å². The Balaban J connectivity index is 1.55. The number of nitrogens with one attached hydrogen (secondary N) is 1. The molecule has 6 nitrogen and oxygen atoms in total. The molecule has 0 aliphatic heterocycles. The molecule has 1 N–H and O–H groups in total. The van der Waals surface area contributed by atoms with Gasteiger partial charge in [0.1, 0.15) is 5.82 Å². The molecule has 1 aromatic carbocycles. The summed E-state index contributed by atoms with van der Waals surface area (Å²) >= 11 is 6.16. The second-order valence-electron chi connectivity index (χ2n) is 6.86. The van der Waals surface area contributed by atoms with Crippen molar-refractivity contribution in [3.8, 4) is 0 Å². The maximum absolute atomic E-state index is 12.3. The molecule has 1 fully saturated rings. The number of aromatic nitrogens is 2. The van der Waals surface area contributed by atoms with Crippen LogP contribution in [-0.4, -0.2) is 35.0 Å². The van der Waals surface area contributed by atoms with Crippen molar-refractivity contribution in [2.24, 2.45) is 0 Å². The Morgan fingerprint density at radius 3 is 2.52 bits per heavy atom. The average Bonchev–Trinajstić information content (AvgIpc) is 2.68. The van der Waals surface area contributed by atoms with Gasteiger partial charge in [0.05, 0.1) is 12.1 Å². The third-order valence-electron chi connectivity index (χ3n) is 5.08. The highest BCUT2D eigenvalue weighted by Crippen LogP contribution is 2.32. The largest absolute Gasteiger partial charge is 0.372 e. The molecular formula is C20H22ClN5O. The van der Waals surface area contributed by atoms with Gasteiger partial charge in [-0.25, -0.2) is 14.8 Å². The number of benzene rings is 1. The summed E-state index contributed by atoms with van der Waals surface area (Å²) in [5.74, 6) is 0.535. The zero-order chi connectivity index (χ0) is 19.4. The molecule has 2 aromatic rings. The molecule has 1 amide bonds. The van der Waals surface area contributed by atoms with Crippen molar-refractivity contribution in [1.82, 2.24) is 15.3 Å². The summed E-state index contributed by atoms with van der Waals surface area (Å²) in [5.41, 5.74) is 1.98. The van der Waals surface area contributed by atoms with E-state index in [4.69, 9.17) is 18.2 Å². The van der Waals surface area contributed by atoms with Crippen LogP contribution in [-0.2, 0) is 0 Å². The summed E-state index contributed by atoms with van der Waals surface area (Å²) in [6.45, 7) is 8.89. The van der Waals surface area contributed by atoms with E-state index in [1.54, 1.807) is 25.4 Å². The van der Waals surface area contributed by atoms with Crippen LogP contribution in [0.3, 0.4) is 0 Å². The smallest absolute Gasteiger partial charge is 0.254 e. The maximum atomic E-state index is 12.3. The van der Waals surface area contributed by atoms with Crippen LogP contribution in [0.5, 0.6) is 0 Å². The number of amides is 1. The van der Waals surface area contributed by atoms with Crippen molar-refractivity contribution < 1.29 is 4.79 Å². The molecule has 0 bridgehead atoms. The van der Waals surface area contributed by atoms with E-state index in [1.165, 1.54) is 0 Å². The van der Waals surface area contributed by atoms with Gasteiger partial charge in [-0.2, -0.15) is 0 Å². The van der Waals surface area contributed by atoms with E-state index in [-0.39, 0.29) is 11.9 Å². The molecule has 0 saturated heterocycles. The third-order valence-corrected chi connectivity index (χ3v) is 5.38. The third kappa shape index (κ3) is 4.55. The van der Waals surface area contributed by atoms with Crippen LogP contribution < -0.4 is 10.2 Å². The van der Waals surface area contributed by atoms with Crippen LogP contribution in [0.4, 0.5) is 11.4 Å². The Morgan fingerprint density at radius 2 is 1.93 bits per heavy atom. The van der Waals surface area contributed by atoms with Gasteiger partial charge in [-0.3, -0.25) is 4.79 Å². The lowest BCUT2D eigenvalue weighted by Gasteiger charge is -2.36. The van der Waals surface area contributed by atoms with E-state index in [1.807, 2.05) is 12.1 Å². The monoisotopic (exact) mass is 383 g/mol. The quantitative estimate of drug-likeness (QED) is 0.805. The fraction of sp³-hybridized carbons (Fsp3) is 0.400. The van der Waals surface area contributed by atoms with Gasteiger partial charge in [0.15, 0.2) is 0 Å². The Morgan fingerprint density at radius 1 is 1.26 bits per heavy atom. The van der Waals surface area contributed by atoms with Crippen molar-refractivity contribution in [1.29, 1.82) is 0 Å². The summed E-state index contributed by atoms with van der Waals surface area (Å²) in [6, 6.07) is 6.09. The molecule has 7 heteroatoms. The molecule has 0 atom stereocenters. The maximum Gasteiger partial charge on any atom is 0.254 e. The highest BCUT2D eigenvalue weighted by atomic mass is 35.5. The molecule has 140 valence electrons. The molecule has 0 radical (unpaired) electrons. The van der Waals surface area contributed by atoms with Crippen LogP contribution in [0.1, 0.15) is 41.9 Å². The van der Waals surface area contributed by atoms with E-state index in [9.17, 15) is 4.79 Å². The van der Waals surface area contributed by atoms with Gasteiger partial charge in [0.25, 0.3) is 5.91 Å². The van der Waals surface area contributed by atoms with Crippen LogP contribution in [0.25, 0.3) is 4.85 Å². The molecule has 1 heterocycles. The van der Waals surface area contributed by atoms with Gasteiger partial charge in [0.2, 0.25) is 5.69 Å². The van der Waals surface area contributed by atoms with Crippen molar-refractivity contribution in [2.75, 3.05) is 11.9 Å². The van der Waals surface area contributed by atoms with Crippen molar-refractivity contribution in [2.45, 2.75) is 44.7 Å². The topological polar surface area (TPSA) is 62.5 Å². The molecule has 27 heavy (non-hydrogen) atoms. The van der Waals surface area contributed by atoms with Crippen molar-refractivity contribution in [3.05, 3.63) is 58.4 Å². The number of rotatable bonds is 4. The summed E-state index contributed by atoms with van der Waals surface area (Å²) in [4.78, 5) is 26.1. The summed E-state index contributed by atoms with van der Waals surface area (Å²) in [7, 11) is 2.05. The second kappa shape index (κ2) is 8.36. The fourth-order valence-electron chi connectivity index (χ4n) is 3.40. The first kappa shape index (κ1) is 19.1. The first-order valence-electron chi connectivity index (χ1n) is 8.97. The van der Waals surface area contributed by atoms with E-state index < -0.39 is 0 Å². The first-order chi connectivity index (χ1) is 13.0. The van der Waals surface area contributed by atoms with Gasteiger partial charge in [-0.1, -0.05) is 17.7 Å².